The summed E-state index contributed by atoms with van der Waals surface area (Å²) in [4.78, 5) is 0. The normalized spacial score (nSPS) is 12.6. The maximum Gasteiger partial charge on any atom is 0.160 e. The van der Waals surface area contributed by atoms with E-state index in [1.807, 2.05) is 0 Å². The summed E-state index contributed by atoms with van der Waals surface area (Å²) in [6.45, 7) is 0.174. The number of anilines is 1. The Bertz CT molecular complexity index is 351. The van der Waals surface area contributed by atoms with Gasteiger partial charge in [-0.05, 0) is 22.0 Å². The number of hydrogen-bond acceptors (Lipinski definition) is 2. The second-order valence-electron chi connectivity index (χ2n) is 2.94. The van der Waals surface area contributed by atoms with Gasteiger partial charge < -0.3 is 10.4 Å². The lowest BCUT2D eigenvalue weighted by Gasteiger charge is -2.11. The predicted octanol–water partition coefficient (Wildman–Crippen LogP) is 2.74. The van der Waals surface area contributed by atoms with E-state index < -0.39 is 17.7 Å². The van der Waals surface area contributed by atoms with Crippen LogP contribution in [-0.2, 0) is 0 Å². The summed E-state index contributed by atoms with van der Waals surface area (Å²) in [6, 6.07) is 2.03. The van der Waals surface area contributed by atoms with Crippen molar-refractivity contribution in [2.45, 2.75) is 6.10 Å². The molecule has 1 aromatic rings. The zero-order chi connectivity index (χ0) is 11.4. The van der Waals surface area contributed by atoms with Gasteiger partial charge in [0.15, 0.2) is 11.6 Å². The number of halogens is 4. The van der Waals surface area contributed by atoms with Crippen molar-refractivity contribution in [1.82, 2.24) is 0 Å². The molecule has 15 heavy (non-hydrogen) atoms. The largest absolute Gasteiger partial charge is 0.390 e. The van der Waals surface area contributed by atoms with Gasteiger partial charge in [0.05, 0.1) is 17.7 Å². The molecule has 0 spiro atoms. The molecule has 0 fully saturated rings. The van der Waals surface area contributed by atoms with Crippen LogP contribution in [-0.4, -0.2) is 23.6 Å². The van der Waals surface area contributed by atoms with Crippen LogP contribution in [0.2, 0.25) is 0 Å². The van der Waals surface area contributed by atoms with Crippen molar-refractivity contribution in [3.8, 4) is 0 Å². The summed E-state index contributed by atoms with van der Waals surface area (Å²) in [5, 5.41) is 11.9. The number of aliphatic hydroxyl groups is 1. The minimum atomic E-state index is -0.943. The molecule has 1 aromatic carbocycles. The number of alkyl halides is 1. The Morgan fingerprint density at radius 1 is 1.40 bits per heavy atom. The Hall–Kier alpha value is -0.390. The molecule has 0 heterocycles. The number of rotatable bonds is 4. The van der Waals surface area contributed by atoms with Gasteiger partial charge in [0.2, 0.25) is 0 Å². The first-order valence-electron chi connectivity index (χ1n) is 4.17. The van der Waals surface area contributed by atoms with Gasteiger partial charge in [-0.15, -0.1) is 11.6 Å². The van der Waals surface area contributed by atoms with Gasteiger partial charge >= 0.3 is 0 Å². The predicted molar refractivity (Wildman–Crippen MR) is 59.3 cm³/mol. The van der Waals surface area contributed by atoms with Crippen LogP contribution < -0.4 is 5.32 Å². The van der Waals surface area contributed by atoms with E-state index in [1.165, 1.54) is 0 Å². The standard InChI is InChI=1S/C9H9BrClF2NO/c10-6-1-7(12)8(13)2-9(6)14-4-5(15)3-11/h1-2,5,14-15H,3-4H2. The Labute approximate surface area is 99.4 Å². The second kappa shape index (κ2) is 5.63. The third-order valence-electron chi connectivity index (χ3n) is 1.72. The molecule has 0 aliphatic heterocycles. The van der Waals surface area contributed by atoms with Crippen LogP contribution in [0, 0.1) is 11.6 Å². The van der Waals surface area contributed by atoms with Gasteiger partial charge in [0, 0.05) is 17.1 Å². The first-order chi connectivity index (χ1) is 7.04. The van der Waals surface area contributed by atoms with E-state index in [0.29, 0.717) is 10.2 Å². The molecule has 0 saturated heterocycles. The highest BCUT2D eigenvalue weighted by atomic mass is 79.9. The summed E-state index contributed by atoms with van der Waals surface area (Å²) >= 11 is 8.45. The summed E-state index contributed by atoms with van der Waals surface area (Å²) < 4.78 is 26.0. The van der Waals surface area contributed by atoms with Gasteiger partial charge in [-0.3, -0.25) is 0 Å². The van der Waals surface area contributed by atoms with Crippen LogP contribution in [0.25, 0.3) is 0 Å². The SMILES string of the molecule is OC(CCl)CNc1cc(F)c(F)cc1Br. The van der Waals surface area contributed by atoms with E-state index >= 15 is 0 Å². The maximum atomic E-state index is 12.8. The van der Waals surface area contributed by atoms with Crippen molar-refractivity contribution < 1.29 is 13.9 Å². The van der Waals surface area contributed by atoms with Crippen molar-refractivity contribution in [2.75, 3.05) is 17.7 Å². The highest BCUT2D eigenvalue weighted by Gasteiger charge is 2.09. The highest BCUT2D eigenvalue weighted by molar-refractivity contribution is 9.10. The molecule has 0 aliphatic carbocycles. The molecule has 2 nitrogen and oxygen atoms in total. The molecular weight excluding hydrogens is 291 g/mol. The Balaban J connectivity index is 2.73. The average molecular weight is 301 g/mol. The summed E-state index contributed by atoms with van der Waals surface area (Å²) in [5.74, 6) is -1.79. The van der Waals surface area contributed by atoms with E-state index in [9.17, 15) is 8.78 Å². The Morgan fingerprint density at radius 3 is 2.60 bits per heavy atom. The molecule has 0 radical (unpaired) electrons. The number of benzene rings is 1. The van der Waals surface area contributed by atoms with E-state index in [2.05, 4.69) is 21.2 Å². The van der Waals surface area contributed by atoms with Crippen molar-refractivity contribution in [2.24, 2.45) is 0 Å². The molecule has 0 aliphatic rings. The second-order valence-corrected chi connectivity index (χ2v) is 4.10. The molecule has 84 valence electrons. The third-order valence-corrected chi connectivity index (χ3v) is 2.73. The monoisotopic (exact) mass is 299 g/mol. The van der Waals surface area contributed by atoms with Crippen molar-refractivity contribution in [3.05, 3.63) is 28.2 Å². The summed E-state index contributed by atoms with van der Waals surface area (Å²) in [5.41, 5.74) is 0.373. The minimum absolute atomic E-state index is 0.0777. The van der Waals surface area contributed by atoms with Gasteiger partial charge in [0.1, 0.15) is 0 Å². The van der Waals surface area contributed by atoms with Crippen LogP contribution in [0.15, 0.2) is 16.6 Å². The topological polar surface area (TPSA) is 32.3 Å². The number of nitrogens with one attached hydrogen (secondary N) is 1. The van der Waals surface area contributed by atoms with Gasteiger partial charge in [-0.25, -0.2) is 8.78 Å². The lowest BCUT2D eigenvalue weighted by atomic mass is 10.3. The van der Waals surface area contributed by atoms with Crippen LogP contribution >= 0.6 is 27.5 Å². The van der Waals surface area contributed by atoms with Crippen LogP contribution in [0.1, 0.15) is 0 Å². The maximum absolute atomic E-state index is 12.8. The number of aliphatic hydroxyl groups excluding tert-OH is 1. The van der Waals surface area contributed by atoms with Gasteiger partial charge in [-0.2, -0.15) is 0 Å². The molecule has 0 aromatic heterocycles. The molecule has 1 rings (SSSR count). The smallest absolute Gasteiger partial charge is 0.160 e. The van der Waals surface area contributed by atoms with Crippen molar-refractivity contribution in [3.63, 3.8) is 0 Å². The first-order valence-corrected chi connectivity index (χ1v) is 5.49. The van der Waals surface area contributed by atoms with Crippen LogP contribution in [0.5, 0.6) is 0 Å². The van der Waals surface area contributed by atoms with Gasteiger partial charge in [-0.1, -0.05) is 0 Å². The fraction of sp³-hybridized carbons (Fsp3) is 0.333. The van der Waals surface area contributed by atoms with E-state index in [4.69, 9.17) is 16.7 Å². The minimum Gasteiger partial charge on any atom is -0.390 e. The van der Waals surface area contributed by atoms with Crippen LogP contribution in [0.3, 0.4) is 0 Å². The first kappa shape index (κ1) is 12.7. The lowest BCUT2D eigenvalue weighted by Crippen LogP contribution is -2.21. The fourth-order valence-corrected chi connectivity index (χ4v) is 1.51. The molecule has 0 amide bonds. The Kier molecular flexibility index (Phi) is 4.76. The molecule has 0 saturated carbocycles. The Morgan fingerprint density at radius 2 is 2.00 bits per heavy atom. The third kappa shape index (κ3) is 3.59. The fourth-order valence-electron chi connectivity index (χ4n) is 0.940. The average Bonchev–Trinajstić information content (AvgIpc) is 2.21. The quantitative estimate of drug-likeness (QED) is 0.662. The van der Waals surface area contributed by atoms with Crippen molar-refractivity contribution >= 4 is 33.2 Å². The molecule has 2 N–H and O–H groups in total. The molecule has 1 unspecified atom stereocenters. The molecule has 1 atom stereocenters. The van der Waals surface area contributed by atoms with Gasteiger partial charge in [0.25, 0.3) is 0 Å². The van der Waals surface area contributed by atoms with E-state index in [-0.39, 0.29) is 12.4 Å². The molecule has 6 heteroatoms. The van der Waals surface area contributed by atoms with Crippen LogP contribution in [0.4, 0.5) is 14.5 Å². The van der Waals surface area contributed by atoms with E-state index in [0.717, 1.165) is 12.1 Å². The zero-order valence-corrected chi connectivity index (χ0v) is 9.95. The summed E-state index contributed by atoms with van der Waals surface area (Å²) in [7, 11) is 0. The highest BCUT2D eigenvalue weighted by Crippen LogP contribution is 2.25. The number of hydrogen-bond donors (Lipinski definition) is 2. The van der Waals surface area contributed by atoms with Crippen molar-refractivity contribution in [1.29, 1.82) is 0 Å². The lowest BCUT2D eigenvalue weighted by molar-refractivity contribution is 0.211. The molecule has 0 bridgehead atoms. The summed E-state index contributed by atoms with van der Waals surface area (Å²) in [6.07, 6.45) is -0.730. The van der Waals surface area contributed by atoms with E-state index in [1.54, 1.807) is 0 Å². The zero-order valence-electron chi connectivity index (χ0n) is 7.61. The molecular formula is C9H9BrClF2NO.